The number of nitrogens with one attached hydrogen (secondary N) is 1. The van der Waals surface area contributed by atoms with Gasteiger partial charge in [0, 0.05) is 11.6 Å². The number of anilines is 1. The van der Waals surface area contributed by atoms with Gasteiger partial charge in [-0.15, -0.1) is 0 Å². The highest BCUT2D eigenvalue weighted by molar-refractivity contribution is 5.92. The summed E-state index contributed by atoms with van der Waals surface area (Å²) in [6, 6.07) is 1.85. The van der Waals surface area contributed by atoms with Crippen molar-refractivity contribution >= 4 is 22.8 Å². The molecule has 0 radical (unpaired) electrons. The van der Waals surface area contributed by atoms with Crippen LogP contribution in [0.2, 0.25) is 0 Å². The van der Waals surface area contributed by atoms with Crippen LogP contribution in [0.5, 0.6) is 5.75 Å². The molecule has 2 aromatic rings. The van der Waals surface area contributed by atoms with E-state index in [1.807, 2.05) is 26.8 Å². The van der Waals surface area contributed by atoms with Crippen molar-refractivity contribution in [2.75, 3.05) is 12.4 Å². The molecule has 0 unspecified atom stereocenters. The third-order valence-corrected chi connectivity index (χ3v) is 3.58. The van der Waals surface area contributed by atoms with E-state index in [2.05, 4.69) is 15.3 Å². The van der Waals surface area contributed by atoms with Crippen LogP contribution in [0.1, 0.15) is 45.1 Å². The van der Waals surface area contributed by atoms with Crippen molar-refractivity contribution in [3.8, 4) is 5.75 Å². The second kappa shape index (κ2) is 5.68. The van der Waals surface area contributed by atoms with E-state index in [1.54, 1.807) is 19.5 Å². The van der Waals surface area contributed by atoms with Gasteiger partial charge < -0.3 is 9.47 Å². The van der Waals surface area contributed by atoms with Gasteiger partial charge in [-0.25, -0.2) is 4.79 Å². The number of amides is 1. The van der Waals surface area contributed by atoms with Crippen LogP contribution < -0.4 is 10.1 Å². The van der Waals surface area contributed by atoms with E-state index in [-0.39, 0.29) is 0 Å². The molecule has 1 aliphatic rings. The van der Waals surface area contributed by atoms with Gasteiger partial charge in [0.25, 0.3) is 0 Å². The molecule has 0 atom stereocenters. The molecule has 1 saturated carbocycles. The maximum Gasteiger partial charge on any atom is 0.412 e. The van der Waals surface area contributed by atoms with E-state index < -0.39 is 11.7 Å². The topological polar surface area (TPSA) is 73.3 Å². The summed E-state index contributed by atoms with van der Waals surface area (Å²) in [7, 11) is 1.60. The molecular weight excluding hydrogens is 294 g/mol. The number of carbonyl (C=O) groups is 1. The Balaban J connectivity index is 1.97. The van der Waals surface area contributed by atoms with Crippen molar-refractivity contribution in [1.29, 1.82) is 0 Å². The van der Waals surface area contributed by atoms with Crippen LogP contribution in [0.4, 0.5) is 10.5 Å². The minimum Gasteiger partial charge on any atom is -0.495 e. The summed E-state index contributed by atoms with van der Waals surface area (Å²) in [5, 5.41) is 2.81. The lowest BCUT2D eigenvalue weighted by Gasteiger charge is -2.20. The number of methoxy groups -OCH3 is 1. The van der Waals surface area contributed by atoms with Gasteiger partial charge in [0.05, 0.1) is 36.2 Å². The molecule has 1 amide bonds. The highest BCUT2D eigenvalue weighted by atomic mass is 16.6. The first-order chi connectivity index (χ1) is 10.9. The smallest absolute Gasteiger partial charge is 0.412 e. The van der Waals surface area contributed by atoms with Crippen LogP contribution in [-0.4, -0.2) is 28.8 Å². The Morgan fingerprint density at radius 2 is 2.00 bits per heavy atom. The Kier molecular flexibility index (Phi) is 3.83. The van der Waals surface area contributed by atoms with Crippen molar-refractivity contribution in [1.82, 2.24) is 9.97 Å². The van der Waals surface area contributed by atoms with Crippen molar-refractivity contribution < 1.29 is 14.3 Å². The second-order valence-corrected chi connectivity index (χ2v) is 6.73. The number of ether oxygens (including phenoxy) is 2. The predicted octanol–water partition coefficient (Wildman–Crippen LogP) is 3.86. The predicted molar refractivity (Wildman–Crippen MR) is 87.9 cm³/mol. The average Bonchev–Trinajstić information content (AvgIpc) is 3.29. The summed E-state index contributed by atoms with van der Waals surface area (Å²) < 4.78 is 10.5. The fraction of sp³-hybridized carbons (Fsp3) is 0.471. The molecule has 6 nitrogen and oxygen atoms in total. The summed E-state index contributed by atoms with van der Waals surface area (Å²) in [6.45, 7) is 5.50. The number of aromatic nitrogens is 2. The SMILES string of the molecule is COc1cnc2c(C3CC3)c(NC(=O)OC(C)(C)C)cnc2c1. The van der Waals surface area contributed by atoms with Crippen LogP contribution in [0.25, 0.3) is 11.0 Å². The lowest BCUT2D eigenvalue weighted by Crippen LogP contribution is -2.27. The fourth-order valence-electron chi connectivity index (χ4n) is 2.48. The Morgan fingerprint density at radius 3 is 2.61 bits per heavy atom. The minimum absolute atomic E-state index is 0.409. The standard InChI is InChI=1S/C17H21N3O3/c1-17(2,3)23-16(21)20-13-9-18-12-7-11(22-4)8-19-15(12)14(13)10-5-6-10/h7-10H,5-6H2,1-4H3,(H,20,21). The van der Waals surface area contributed by atoms with E-state index in [0.29, 0.717) is 17.4 Å². The zero-order valence-corrected chi connectivity index (χ0v) is 13.8. The number of rotatable bonds is 3. The first-order valence-electron chi connectivity index (χ1n) is 7.70. The summed E-state index contributed by atoms with van der Waals surface area (Å²) in [4.78, 5) is 20.9. The summed E-state index contributed by atoms with van der Waals surface area (Å²) in [5.74, 6) is 1.07. The molecule has 1 fully saturated rings. The van der Waals surface area contributed by atoms with Crippen molar-refractivity contribution in [3.63, 3.8) is 0 Å². The quantitative estimate of drug-likeness (QED) is 0.931. The van der Waals surface area contributed by atoms with E-state index in [4.69, 9.17) is 9.47 Å². The largest absolute Gasteiger partial charge is 0.495 e. The fourth-order valence-corrected chi connectivity index (χ4v) is 2.48. The molecule has 1 aliphatic carbocycles. The van der Waals surface area contributed by atoms with Crippen LogP contribution >= 0.6 is 0 Å². The maximum absolute atomic E-state index is 12.1. The molecule has 0 aromatic carbocycles. The van der Waals surface area contributed by atoms with E-state index in [0.717, 1.165) is 29.4 Å². The molecule has 2 heterocycles. The number of nitrogens with zero attached hydrogens (tertiary/aromatic N) is 2. The maximum atomic E-state index is 12.1. The van der Waals surface area contributed by atoms with Crippen LogP contribution in [0.15, 0.2) is 18.5 Å². The van der Waals surface area contributed by atoms with Gasteiger partial charge >= 0.3 is 6.09 Å². The van der Waals surface area contributed by atoms with E-state index >= 15 is 0 Å². The van der Waals surface area contributed by atoms with Gasteiger partial charge in [-0.3, -0.25) is 15.3 Å². The van der Waals surface area contributed by atoms with Crippen molar-refractivity contribution in [2.45, 2.75) is 45.1 Å². The Morgan fingerprint density at radius 1 is 1.26 bits per heavy atom. The monoisotopic (exact) mass is 315 g/mol. The zero-order valence-electron chi connectivity index (χ0n) is 13.8. The average molecular weight is 315 g/mol. The molecule has 0 bridgehead atoms. The third-order valence-electron chi connectivity index (χ3n) is 3.58. The highest BCUT2D eigenvalue weighted by Gasteiger charge is 2.30. The van der Waals surface area contributed by atoms with Crippen LogP contribution in [-0.2, 0) is 4.74 Å². The van der Waals surface area contributed by atoms with Gasteiger partial charge in [0.15, 0.2) is 0 Å². The second-order valence-electron chi connectivity index (χ2n) is 6.73. The summed E-state index contributed by atoms with van der Waals surface area (Å²) in [6.07, 6.45) is 5.05. The normalized spacial score (nSPS) is 14.6. The van der Waals surface area contributed by atoms with Gasteiger partial charge in [0.1, 0.15) is 11.4 Å². The molecule has 1 N–H and O–H groups in total. The minimum atomic E-state index is -0.542. The van der Waals surface area contributed by atoms with Gasteiger partial charge in [-0.2, -0.15) is 0 Å². The number of hydrogen-bond donors (Lipinski definition) is 1. The van der Waals surface area contributed by atoms with Crippen molar-refractivity contribution in [2.24, 2.45) is 0 Å². The third kappa shape index (κ3) is 3.52. The molecule has 3 rings (SSSR count). The molecule has 0 spiro atoms. The molecule has 0 saturated heterocycles. The first-order valence-corrected chi connectivity index (χ1v) is 7.70. The lowest BCUT2D eigenvalue weighted by molar-refractivity contribution is 0.0636. The van der Waals surface area contributed by atoms with Crippen LogP contribution in [0, 0.1) is 0 Å². The Hall–Kier alpha value is -2.37. The highest BCUT2D eigenvalue weighted by Crippen LogP contribution is 2.46. The molecule has 23 heavy (non-hydrogen) atoms. The van der Waals surface area contributed by atoms with Crippen molar-refractivity contribution in [3.05, 3.63) is 24.0 Å². The summed E-state index contributed by atoms with van der Waals surface area (Å²) >= 11 is 0. The van der Waals surface area contributed by atoms with Gasteiger partial charge in [-0.05, 0) is 39.5 Å². The number of fused-ring (bicyclic) bond motifs is 1. The number of hydrogen-bond acceptors (Lipinski definition) is 5. The number of carbonyl (C=O) groups excluding carboxylic acids is 1. The van der Waals surface area contributed by atoms with E-state index in [1.165, 1.54) is 0 Å². The molecular formula is C17H21N3O3. The molecule has 6 heteroatoms. The number of pyridine rings is 2. The van der Waals surface area contributed by atoms with Gasteiger partial charge in [-0.1, -0.05) is 0 Å². The Labute approximate surface area is 135 Å². The first kappa shape index (κ1) is 15.5. The zero-order chi connectivity index (χ0) is 16.6. The molecule has 0 aliphatic heterocycles. The van der Waals surface area contributed by atoms with E-state index in [9.17, 15) is 4.79 Å². The lowest BCUT2D eigenvalue weighted by atomic mass is 10.1. The molecule has 2 aromatic heterocycles. The van der Waals surface area contributed by atoms with Gasteiger partial charge in [0.2, 0.25) is 0 Å². The Bertz CT molecular complexity index is 749. The van der Waals surface area contributed by atoms with Crippen LogP contribution in [0.3, 0.4) is 0 Å². The summed E-state index contributed by atoms with van der Waals surface area (Å²) in [5.41, 5.74) is 2.73. The molecule has 122 valence electrons.